The fourth-order valence-electron chi connectivity index (χ4n) is 1.66. The summed E-state index contributed by atoms with van der Waals surface area (Å²) in [5.74, 6) is -3.50. The maximum Gasteiger partial charge on any atom is 0.305 e. The van der Waals surface area contributed by atoms with Crippen molar-refractivity contribution in [1.82, 2.24) is 5.32 Å². The summed E-state index contributed by atoms with van der Waals surface area (Å²) in [5.41, 5.74) is -0.970. The fraction of sp³-hybridized carbons (Fsp3) is 0.429. The van der Waals surface area contributed by atoms with Crippen LogP contribution in [0, 0.1) is 17.0 Å². The van der Waals surface area contributed by atoms with Crippen LogP contribution < -0.4 is 5.32 Å². The molecule has 1 atom stereocenters. The molecule has 0 aliphatic heterocycles. The lowest BCUT2D eigenvalue weighted by Crippen LogP contribution is -2.45. The summed E-state index contributed by atoms with van der Waals surface area (Å²) in [6.45, 7) is 5.26. The van der Waals surface area contributed by atoms with Crippen LogP contribution in [0.25, 0.3) is 0 Å². The highest BCUT2D eigenvalue weighted by atomic mass is 19.1. The standard InChI is InChI=1S/C14H17F2NO3/c1-14(2,3)11(7-12(18)19)17-13(20)9-6-8(15)4-5-10(9)16/h4-6,11H,7H2,1-3H3,(H,17,20)(H,18,19). The van der Waals surface area contributed by atoms with Gasteiger partial charge in [-0.05, 0) is 23.6 Å². The number of carboxylic acids is 1. The molecule has 1 unspecified atom stereocenters. The molecule has 6 heteroatoms. The Labute approximate surface area is 115 Å². The molecule has 0 aromatic heterocycles. The maximum absolute atomic E-state index is 13.5. The maximum atomic E-state index is 13.5. The summed E-state index contributed by atoms with van der Waals surface area (Å²) < 4.78 is 26.5. The topological polar surface area (TPSA) is 66.4 Å². The number of amides is 1. The van der Waals surface area contributed by atoms with Gasteiger partial charge >= 0.3 is 5.97 Å². The van der Waals surface area contributed by atoms with E-state index in [0.29, 0.717) is 0 Å². The van der Waals surface area contributed by atoms with Crippen molar-refractivity contribution in [3.63, 3.8) is 0 Å². The second-order valence-electron chi connectivity index (χ2n) is 5.61. The Morgan fingerprint density at radius 1 is 1.30 bits per heavy atom. The smallest absolute Gasteiger partial charge is 0.305 e. The number of hydrogen-bond acceptors (Lipinski definition) is 2. The first-order chi connectivity index (χ1) is 9.11. The van der Waals surface area contributed by atoms with Crippen LogP contribution in [0.1, 0.15) is 37.6 Å². The van der Waals surface area contributed by atoms with Crippen LogP contribution in [-0.4, -0.2) is 23.0 Å². The lowest BCUT2D eigenvalue weighted by Gasteiger charge is -2.30. The zero-order valence-electron chi connectivity index (χ0n) is 11.5. The predicted molar refractivity (Wildman–Crippen MR) is 69.3 cm³/mol. The van der Waals surface area contributed by atoms with Crippen molar-refractivity contribution < 1.29 is 23.5 Å². The molecule has 4 nitrogen and oxygen atoms in total. The van der Waals surface area contributed by atoms with Gasteiger partial charge in [-0.2, -0.15) is 0 Å². The number of carbonyl (C=O) groups excluding carboxylic acids is 1. The first-order valence-corrected chi connectivity index (χ1v) is 6.09. The van der Waals surface area contributed by atoms with Crippen LogP contribution in [0.15, 0.2) is 18.2 Å². The quantitative estimate of drug-likeness (QED) is 0.893. The Morgan fingerprint density at radius 3 is 2.40 bits per heavy atom. The number of hydrogen-bond donors (Lipinski definition) is 2. The van der Waals surface area contributed by atoms with Gasteiger partial charge in [-0.3, -0.25) is 9.59 Å². The van der Waals surface area contributed by atoms with Crippen LogP contribution in [-0.2, 0) is 4.79 Å². The zero-order valence-corrected chi connectivity index (χ0v) is 11.5. The molecule has 0 fully saturated rings. The third-order valence-corrected chi connectivity index (χ3v) is 2.90. The minimum Gasteiger partial charge on any atom is -0.481 e. The molecule has 0 heterocycles. The molecule has 1 aromatic rings. The molecule has 1 amide bonds. The fourth-order valence-corrected chi connectivity index (χ4v) is 1.66. The second-order valence-corrected chi connectivity index (χ2v) is 5.61. The average molecular weight is 285 g/mol. The van der Waals surface area contributed by atoms with Crippen molar-refractivity contribution in [2.75, 3.05) is 0 Å². The Hall–Kier alpha value is -1.98. The van der Waals surface area contributed by atoms with E-state index in [0.717, 1.165) is 18.2 Å². The van der Waals surface area contributed by atoms with E-state index in [9.17, 15) is 18.4 Å². The Morgan fingerprint density at radius 2 is 1.90 bits per heavy atom. The molecule has 0 aliphatic rings. The summed E-state index contributed by atoms with van der Waals surface area (Å²) >= 11 is 0. The third-order valence-electron chi connectivity index (χ3n) is 2.90. The van der Waals surface area contributed by atoms with Gasteiger partial charge in [0.25, 0.3) is 5.91 Å². The van der Waals surface area contributed by atoms with Gasteiger partial charge < -0.3 is 10.4 Å². The summed E-state index contributed by atoms with van der Waals surface area (Å²) in [6.07, 6.45) is -0.299. The summed E-state index contributed by atoms with van der Waals surface area (Å²) in [4.78, 5) is 22.8. The molecular weight excluding hydrogens is 268 g/mol. The van der Waals surface area contributed by atoms with Crippen molar-refractivity contribution in [3.8, 4) is 0 Å². The molecular formula is C14H17F2NO3. The van der Waals surface area contributed by atoms with Crippen LogP contribution in [0.5, 0.6) is 0 Å². The number of carboxylic acid groups (broad SMARTS) is 1. The van der Waals surface area contributed by atoms with E-state index in [1.807, 2.05) is 0 Å². The van der Waals surface area contributed by atoms with Gasteiger partial charge in [0.15, 0.2) is 0 Å². The van der Waals surface area contributed by atoms with Gasteiger partial charge in [-0.15, -0.1) is 0 Å². The number of rotatable bonds is 4. The molecule has 0 spiro atoms. The third kappa shape index (κ3) is 4.29. The van der Waals surface area contributed by atoms with Crippen molar-refractivity contribution in [2.24, 2.45) is 5.41 Å². The highest BCUT2D eigenvalue weighted by molar-refractivity contribution is 5.95. The second kappa shape index (κ2) is 5.98. The van der Waals surface area contributed by atoms with Crippen LogP contribution >= 0.6 is 0 Å². The molecule has 0 radical (unpaired) electrons. The van der Waals surface area contributed by atoms with Crippen LogP contribution in [0.4, 0.5) is 8.78 Å². The monoisotopic (exact) mass is 285 g/mol. The van der Waals surface area contributed by atoms with Crippen LogP contribution in [0.3, 0.4) is 0 Å². The van der Waals surface area contributed by atoms with Crippen molar-refractivity contribution >= 4 is 11.9 Å². The largest absolute Gasteiger partial charge is 0.481 e. The number of halogens is 2. The molecule has 0 aliphatic carbocycles. The van der Waals surface area contributed by atoms with Gasteiger partial charge in [0.2, 0.25) is 0 Å². The van der Waals surface area contributed by atoms with Crippen molar-refractivity contribution in [2.45, 2.75) is 33.2 Å². The molecule has 0 saturated heterocycles. The highest BCUT2D eigenvalue weighted by Gasteiger charge is 2.29. The van der Waals surface area contributed by atoms with Gasteiger partial charge in [-0.1, -0.05) is 20.8 Å². The molecule has 1 rings (SSSR count). The zero-order chi connectivity index (χ0) is 15.5. The van der Waals surface area contributed by atoms with E-state index in [2.05, 4.69) is 5.32 Å². The van der Waals surface area contributed by atoms with Gasteiger partial charge in [0.05, 0.1) is 12.0 Å². The SMILES string of the molecule is CC(C)(C)C(CC(=O)O)NC(=O)c1cc(F)ccc1F. The van der Waals surface area contributed by atoms with Gasteiger partial charge in [-0.25, -0.2) is 8.78 Å². The number of nitrogens with one attached hydrogen (secondary N) is 1. The normalized spacial score (nSPS) is 12.8. The van der Waals surface area contributed by atoms with Crippen molar-refractivity contribution in [3.05, 3.63) is 35.4 Å². The van der Waals surface area contributed by atoms with Gasteiger partial charge in [0, 0.05) is 6.04 Å². The summed E-state index contributed by atoms with van der Waals surface area (Å²) in [7, 11) is 0. The highest BCUT2D eigenvalue weighted by Crippen LogP contribution is 2.22. The summed E-state index contributed by atoms with van der Waals surface area (Å²) in [5, 5.41) is 11.3. The predicted octanol–water partition coefficient (Wildman–Crippen LogP) is 2.58. The first kappa shape index (κ1) is 16.1. The Balaban J connectivity index is 2.96. The average Bonchev–Trinajstić information content (AvgIpc) is 2.29. The molecule has 20 heavy (non-hydrogen) atoms. The van der Waals surface area contributed by atoms with E-state index >= 15 is 0 Å². The molecule has 0 bridgehead atoms. The van der Waals surface area contributed by atoms with E-state index in [-0.39, 0.29) is 6.42 Å². The molecule has 1 aromatic carbocycles. The summed E-state index contributed by atoms with van der Waals surface area (Å²) in [6, 6.07) is 1.85. The number of carbonyl (C=O) groups is 2. The van der Waals surface area contributed by atoms with E-state index < -0.39 is 40.5 Å². The first-order valence-electron chi connectivity index (χ1n) is 6.09. The lowest BCUT2D eigenvalue weighted by atomic mass is 9.84. The van der Waals surface area contributed by atoms with Crippen LogP contribution in [0.2, 0.25) is 0 Å². The van der Waals surface area contributed by atoms with E-state index in [1.54, 1.807) is 20.8 Å². The molecule has 0 saturated carbocycles. The minimum absolute atomic E-state index is 0.299. The molecule has 110 valence electrons. The number of benzene rings is 1. The Kier molecular flexibility index (Phi) is 4.81. The van der Waals surface area contributed by atoms with Crippen molar-refractivity contribution in [1.29, 1.82) is 0 Å². The number of aliphatic carboxylic acids is 1. The lowest BCUT2D eigenvalue weighted by molar-refractivity contribution is -0.138. The molecule has 2 N–H and O–H groups in total. The minimum atomic E-state index is -1.08. The van der Waals surface area contributed by atoms with E-state index in [1.165, 1.54) is 0 Å². The Bertz CT molecular complexity index is 524. The van der Waals surface area contributed by atoms with E-state index in [4.69, 9.17) is 5.11 Å². The van der Waals surface area contributed by atoms with Gasteiger partial charge in [0.1, 0.15) is 11.6 Å².